The third kappa shape index (κ3) is 3.95. The maximum atomic E-state index is 11.3. The summed E-state index contributed by atoms with van der Waals surface area (Å²) in [5.41, 5.74) is -0.995. The molecule has 1 aliphatic heterocycles. The zero-order valence-corrected chi connectivity index (χ0v) is 11.7. The van der Waals surface area contributed by atoms with Crippen molar-refractivity contribution in [1.82, 2.24) is 4.90 Å². The Kier molecular flexibility index (Phi) is 6.09. The quantitative estimate of drug-likeness (QED) is 0.733. The van der Waals surface area contributed by atoms with Crippen molar-refractivity contribution in [2.24, 2.45) is 5.92 Å². The topological polar surface area (TPSA) is 60.8 Å². The Morgan fingerprint density at radius 3 is 2.33 bits per heavy atom. The molecule has 0 aromatic rings. The summed E-state index contributed by atoms with van der Waals surface area (Å²) in [4.78, 5) is 13.7. The summed E-state index contributed by atoms with van der Waals surface area (Å²) in [7, 11) is 0. The second-order valence-corrected chi connectivity index (χ2v) is 5.48. The lowest BCUT2D eigenvalue weighted by atomic mass is 9.77. The molecule has 2 N–H and O–H groups in total. The van der Waals surface area contributed by atoms with E-state index in [2.05, 4.69) is 11.8 Å². The Labute approximate surface area is 110 Å². The number of rotatable bonds is 7. The van der Waals surface area contributed by atoms with E-state index >= 15 is 0 Å². The second kappa shape index (κ2) is 7.10. The van der Waals surface area contributed by atoms with Gasteiger partial charge in [-0.3, -0.25) is 4.79 Å². The van der Waals surface area contributed by atoms with E-state index < -0.39 is 17.5 Å². The van der Waals surface area contributed by atoms with Crippen LogP contribution in [0.1, 0.15) is 52.4 Å². The molecule has 4 heteroatoms. The first-order chi connectivity index (χ1) is 8.53. The molecule has 0 radical (unpaired) electrons. The smallest absolute Gasteiger partial charge is 0.309 e. The highest BCUT2D eigenvalue weighted by molar-refractivity contribution is 5.71. The van der Waals surface area contributed by atoms with E-state index in [0.717, 1.165) is 38.9 Å². The lowest BCUT2D eigenvalue weighted by molar-refractivity contribution is -0.157. The minimum Gasteiger partial charge on any atom is -0.481 e. The number of likely N-dealkylation sites (tertiary alicyclic amines) is 1. The summed E-state index contributed by atoms with van der Waals surface area (Å²) in [6.45, 7) is 6.87. The van der Waals surface area contributed by atoms with Crippen LogP contribution in [0.2, 0.25) is 0 Å². The van der Waals surface area contributed by atoms with Crippen LogP contribution in [0.5, 0.6) is 0 Å². The van der Waals surface area contributed by atoms with Crippen molar-refractivity contribution >= 4 is 5.97 Å². The Morgan fingerprint density at radius 2 is 1.89 bits per heavy atom. The molecule has 0 aromatic heterocycles. The van der Waals surface area contributed by atoms with Gasteiger partial charge in [-0.25, -0.2) is 0 Å². The molecule has 1 aliphatic rings. The van der Waals surface area contributed by atoms with Gasteiger partial charge in [-0.05, 0) is 32.2 Å². The molecule has 1 saturated heterocycles. The van der Waals surface area contributed by atoms with Crippen LogP contribution in [-0.2, 0) is 4.79 Å². The zero-order valence-electron chi connectivity index (χ0n) is 11.7. The van der Waals surface area contributed by atoms with E-state index in [-0.39, 0.29) is 0 Å². The van der Waals surface area contributed by atoms with Gasteiger partial charge in [-0.1, -0.05) is 26.7 Å². The zero-order chi connectivity index (χ0) is 13.6. The molecule has 1 atom stereocenters. The first kappa shape index (κ1) is 15.4. The molecule has 0 amide bonds. The van der Waals surface area contributed by atoms with E-state index in [1.165, 1.54) is 0 Å². The van der Waals surface area contributed by atoms with E-state index in [4.69, 9.17) is 0 Å². The van der Waals surface area contributed by atoms with Crippen molar-refractivity contribution in [3.8, 4) is 0 Å². The van der Waals surface area contributed by atoms with Crippen LogP contribution in [0.3, 0.4) is 0 Å². The number of carboxylic acids is 1. The Hall–Kier alpha value is -0.610. The van der Waals surface area contributed by atoms with Gasteiger partial charge in [0, 0.05) is 13.1 Å². The molecule has 0 spiro atoms. The average Bonchev–Trinajstić information content (AvgIpc) is 2.33. The highest BCUT2D eigenvalue weighted by Crippen LogP contribution is 2.33. The maximum absolute atomic E-state index is 11.3. The van der Waals surface area contributed by atoms with Crippen LogP contribution < -0.4 is 0 Å². The number of aliphatic carboxylic acids is 1. The first-order valence-electron chi connectivity index (χ1n) is 7.21. The van der Waals surface area contributed by atoms with Crippen LogP contribution in [0.15, 0.2) is 0 Å². The number of unbranched alkanes of at least 4 members (excludes halogenated alkanes) is 1. The van der Waals surface area contributed by atoms with E-state index in [1.54, 1.807) is 0 Å². The standard InChI is InChI=1S/C14H27NO3/c1-3-5-6-12(13(16)17)14(18)7-10-15(9-4-2)11-8-14/h12,18H,3-11H2,1-2H3,(H,16,17). The van der Waals surface area contributed by atoms with Crippen molar-refractivity contribution in [2.75, 3.05) is 19.6 Å². The number of nitrogens with zero attached hydrogens (tertiary/aromatic N) is 1. The Morgan fingerprint density at radius 1 is 1.28 bits per heavy atom. The lowest BCUT2D eigenvalue weighted by Crippen LogP contribution is -2.51. The van der Waals surface area contributed by atoms with Gasteiger partial charge in [0.05, 0.1) is 11.5 Å². The Balaban J connectivity index is 2.58. The number of hydrogen-bond acceptors (Lipinski definition) is 3. The number of piperidine rings is 1. The lowest BCUT2D eigenvalue weighted by Gasteiger charge is -2.41. The molecule has 0 saturated carbocycles. The van der Waals surface area contributed by atoms with Crippen molar-refractivity contribution in [3.05, 3.63) is 0 Å². The molecule has 1 heterocycles. The Bertz CT molecular complexity index is 260. The van der Waals surface area contributed by atoms with Crippen molar-refractivity contribution < 1.29 is 15.0 Å². The molecule has 0 bridgehead atoms. The summed E-state index contributed by atoms with van der Waals surface area (Å²) in [5.74, 6) is -1.43. The van der Waals surface area contributed by atoms with E-state index in [9.17, 15) is 15.0 Å². The summed E-state index contributed by atoms with van der Waals surface area (Å²) < 4.78 is 0. The predicted octanol–water partition coefficient (Wildman–Crippen LogP) is 2.11. The third-order valence-electron chi connectivity index (χ3n) is 4.05. The van der Waals surface area contributed by atoms with Crippen LogP contribution >= 0.6 is 0 Å². The van der Waals surface area contributed by atoms with Crippen LogP contribution in [0.25, 0.3) is 0 Å². The van der Waals surface area contributed by atoms with Gasteiger partial charge < -0.3 is 15.1 Å². The normalized spacial score (nSPS) is 21.7. The fourth-order valence-electron chi connectivity index (χ4n) is 2.86. The monoisotopic (exact) mass is 257 g/mol. The van der Waals surface area contributed by atoms with Crippen LogP contribution in [-0.4, -0.2) is 46.3 Å². The minimum absolute atomic E-state index is 0.591. The summed E-state index contributed by atoms with van der Waals surface area (Å²) in [6.07, 6.45) is 4.73. The average molecular weight is 257 g/mol. The SMILES string of the molecule is CCCCC(C(=O)O)C1(O)CCN(CCC)CC1. The van der Waals surface area contributed by atoms with Gasteiger partial charge in [0.15, 0.2) is 0 Å². The van der Waals surface area contributed by atoms with Gasteiger partial charge in [-0.15, -0.1) is 0 Å². The van der Waals surface area contributed by atoms with Crippen molar-refractivity contribution in [3.63, 3.8) is 0 Å². The minimum atomic E-state index is -0.995. The first-order valence-corrected chi connectivity index (χ1v) is 7.21. The maximum Gasteiger partial charge on any atom is 0.309 e. The molecular weight excluding hydrogens is 230 g/mol. The highest BCUT2D eigenvalue weighted by atomic mass is 16.4. The van der Waals surface area contributed by atoms with Crippen LogP contribution in [0.4, 0.5) is 0 Å². The molecule has 1 rings (SSSR count). The summed E-state index contributed by atoms with van der Waals surface area (Å²) >= 11 is 0. The van der Waals surface area contributed by atoms with Gasteiger partial charge in [0.25, 0.3) is 0 Å². The van der Waals surface area contributed by atoms with Gasteiger partial charge in [0.1, 0.15) is 0 Å². The third-order valence-corrected chi connectivity index (χ3v) is 4.05. The number of carboxylic acid groups (broad SMARTS) is 1. The molecule has 1 unspecified atom stereocenters. The van der Waals surface area contributed by atoms with Gasteiger partial charge in [0.2, 0.25) is 0 Å². The van der Waals surface area contributed by atoms with E-state index in [1.807, 2.05) is 6.92 Å². The van der Waals surface area contributed by atoms with Crippen molar-refractivity contribution in [1.29, 1.82) is 0 Å². The number of aliphatic hydroxyl groups is 1. The summed E-state index contributed by atoms with van der Waals surface area (Å²) in [6, 6.07) is 0. The number of hydrogen-bond donors (Lipinski definition) is 2. The molecule has 0 aliphatic carbocycles. The molecule has 4 nitrogen and oxygen atoms in total. The largest absolute Gasteiger partial charge is 0.481 e. The second-order valence-electron chi connectivity index (χ2n) is 5.48. The highest BCUT2D eigenvalue weighted by Gasteiger charge is 2.42. The van der Waals surface area contributed by atoms with Crippen LogP contribution in [0, 0.1) is 5.92 Å². The van der Waals surface area contributed by atoms with E-state index in [0.29, 0.717) is 19.3 Å². The molecule has 18 heavy (non-hydrogen) atoms. The molecule has 0 aromatic carbocycles. The summed E-state index contributed by atoms with van der Waals surface area (Å²) in [5, 5.41) is 19.9. The fourth-order valence-corrected chi connectivity index (χ4v) is 2.86. The fraction of sp³-hybridized carbons (Fsp3) is 0.929. The van der Waals surface area contributed by atoms with Crippen molar-refractivity contribution in [2.45, 2.75) is 58.0 Å². The van der Waals surface area contributed by atoms with Gasteiger partial charge >= 0.3 is 5.97 Å². The molecule has 1 fully saturated rings. The molecule has 106 valence electrons. The molecular formula is C14H27NO3. The predicted molar refractivity (Wildman–Crippen MR) is 71.6 cm³/mol. The van der Waals surface area contributed by atoms with Gasteiger partial charge in [-0.2, -0.15) is 0 Å². The number of carbonyl (C=O) groups is 1.